The van der Waals surface area contributed by atoms with Gasteiger partial charge in [-0.1, -0.05) is 30.3 Å². The van der Waals surface area contributed by atoms with Gasteiger partial charge in [0, 0.05) is 0 Å². The number of ether oxygens (including phenoxy) is 3. The number of hydrogen-bond acceptors (Lipinski definition) is 5. The average molecular weight is 343 g/mol. The lowest BCUT2D eigenvalue weighted by Gasteiger charge is -2.14. The number of anilines is 1. The van der Waals surface area contributed by atoms with Crippen molar-refractivity contribution in [3.63, 3.8) is 0 Å². The number of amides is 1. The Morgan fingerprint density at radius 2 is 1.72 bits per heavy atom. The molecule has 0 saturated heterocycles. The number of esters is 1. The van der Waals surface area contributed by atoms with Gasteiger partial charge in [0.1, 0.15) is 11.5 Å². The molecule has 0 bridgehead atoms. The molecular formula is C19H21NO5. The third-order valence-corrected chi connectivity index (χ3v) is 3.19. The number of hydrogen-bond donors (Lipinski definition) is 1. The first-order chi connectivity index (χ1) is 12.1. The fraction of sp³-hybridized carbons (Fsp3) is 0.263. The summed E-state index contributed by atoms with van der Waals surface area (Å²) in [5, 5.41) is 2.66. The van der Waals surface area contributed by atoms with Crippen molar-refractivity contribution in [1.29, 1.82) is 0 Å². The minimum atomic E-state index is -0.814. The SMILES string of the molecule is CCOc1ccccc1NC(=O)COC(=O)[C@@H](C)Oc1ccccc1. The van der Waals surface area contributed by atoms with Crippen LogP contribution in [0.15, 0.2) is 54.6 Å². The molecule has 132 valence electrons. The Morgan fingerprint density at radius 1 is 1.04 bits per heavy atom. The standard InChI is InChI=1S/C19H21NO5/c1-3-23-17-12-8-7-11-16(17)20-18(21)13-24-19(22)14(2)25-15-9-5-4-6-10-15/h4-12,14H,3,13H2,1-2H3,(H,20,21)/t14-/m1/s1. The Morgan fingerprint density at radius 3 is 2.44 bits per heavy atom. The summed E-state index contributed by atoms with van der Waals surface area (Å²) in [5.74, 6) is 0.0528. The van der Waals surface area contributed by atoms with Gasteiger partial charge >= 0.3 is 5.97 Å². The van der Waals surface area contributed by atoms with Crippen LogP contribution in [0, 0.1) is 0 Å². The maximum Gasteiger partial charge on any atom is 0.347 e. The summed E-state index contributed by atoms with van der Waals surface area (Å²) in [4.78, 5) is 23.9. The summed E-state index contributed by atoms with van der Waals surface area (Å²) in [5.41, 5.74) is 0.527. The Balaban J connectivity index is 1.82. The van der Waals surface area contributed by atoms with Gasteiger partial charge in [0.2, 0.25) is 0 Å². The number of rotatable bonds is 8. The maximum absolute atomic E-state index is 12.0. The van der Waals surface area contributed by atoms with Gasteiger partial charge in [0.25, 0.3) is 5.91 Å². The van der Waals surface area contributed by atoms with E-state index in [0.717, 1.165) is 0 Å². The van der Waals surface area contributed by atoms with Crippen LogP contribution in [0.4, 0.5) is 5.69 Å². The molecule has 0 aromatic heterocycles. The number of para-hydroxylation sites is 3. The predicted octanol–water partition coefficient (Wildman–Crippen LogP) is 3.03. The van der Waals surface area contributed by atoms with E-state index in [2.05, 4.69) is 5.32 Å². The second kappa shape index (κ2) is 9.32. The van der Waals surface area contributed by atoms with Crippen LogP contribution in [0.25, 0.3) is 0 Å². The first-order valence-electron chi connectivity index (χ1n) is 8.00. The molecule has 0 aliphatic carbocycles. The van der Waals surface area contributed by atoms with Crippen LogP contribution in [-0.4, -0.2) is 31.2 Å². The second-order valence-corrected chi connectivity index (χ2v) is 5.16. The van der Waals surface area contributed by atoms with Gasteiger partial charge in [-0.05, 0) is 38.1 Å². The van der Waals surface area contributed by atoms with Crippen molar-refractivity contribution >= 4 is 17.6 Å². The lowest BCUT2D eigenvalue weighted by atomic mass is 10.3. The minimum Gasteiger partial charge on any atom is -0.492 e. The molecule has 1 amide bonds. The van der Waals surface area contributed by atoms with Gasteiger partial charge in [0.05, 0.1) is 12.3 Å². The largest absolute Gasteiger partial charge is 0.492 e. The van der Waals surface area contributed by atoms with Crippen LogP contribution < -0.4 is 14.8 Å². The molecule has 25 heavy (non-hydrogen) atoms. The van der Waals surface area contributed by atoms with Crippen LogP contribution in [0.5, 0.6) is 11.5 Å². The zero-order valence-electron chi connectivity index (χ0n) is 14.2. The van der Waals surface area contributed by atoms with Crippen LogP contribution in [0.1, 0.15) is 13.8 Å². The average Bonchev–Trinajstić information content (AvgIpc) is 2.62. The van der Waals surface area contributed by atoms with Gasteiger partial charge in [-0.3, -0.25) is 4.79 Å². The van der Waals surface area contributed by atoms with E-state index in [1.807, 2.05) is 19.1 Å². The number of nitrogens with one attached hydrogen (secondary N) is 1. The van der Waals surface area contributed by atoms with Gasteiger partial charge in [-0.2, -0.15) is 0 Å². The summed E-state index contributed by atoms with van der Waals surface area (Å²) < 4.78 is 15.9. The van der Waals surface area contributed by atoms with E-state index in [1.165, 1.54) is 0 Å². The van der Waals surface area contributed by atoms with Crippen LogP contribution in [0.3, 0.4) is 0 Å². The number of carbonyl (C=O) groups excluding carboxylic acids is 2. The second-order valence-electron chi connectivity index (χ2n) is 5.16. The third kappa shape index (κ3) is 5.84. The van der Waals surface area contributed by atoms with Crippen molar-refractivity contribution in [3.05, 3.63) is 54.6 Å². The molecule has 1 atom stereocenters. The Hall–Kier alpha value is -3.02. The van der Waals surface area contributed by atoms with E-state index < -0.39 is 24.6 Å². The highest BCUT2D eigenvalue weighted by Gasteiger charge is 2.18. The normalized spacial score (nSPS) is 11.3. The predicted molar refractivity (Wildman–Crippen MR) is 93.7 cm³/mol. The minimum absolute atomic E-state index is 0.401. The first kappa shape index (κ1) is 18.3. The van der Waals surface area contributed by atoms with Crippen molar-refractivity contribution in [2.75, 3.05) is 18.5 Å². The van der Waals surface area contributed by atoms with Crippen molar-refractivity contribution in [3.8, 4) is 11.5 Å². The van der Waals surface area contributed by atoms with E-state index in [-0.39, 0.29) is 0 Å². The van der Waals surface area contributed by atoms with Crippen molar-refractivity contribution < 1.29 is 23.8 Å². The molecule has 6 nitrogen and oxygen atoms in total. The quantitative estimate of drug-likeness (QED) is 0.746. The molecule has 2 aromatic carbocycles. The molecule has 0 aliphatic heterocycles. The molecule has 0 spiro atoms. The van der Waals surface area contributed by atoms with Crippen LogP contribution >= 0.6 is 0 Å². The summed E-state index contributed by atoms with van der Waals surface area (Å²) in [6, 6.07) is 16.0. The molecule has 0 radical (unpaired) electrons. The van der Waals surface area contributed by atoms with Crippen molar-refractivity contribution in [2.45, 2.75) is 20.0 Å². The molecule has 1 N–H and O–H groups in total. The monoisotopic (exact) mass is 343 g/mol. The summed E-state index contributed by atoms with van der Waals surface area (Å²) in [6.45, 7) is 3.50. The van der Waals surface area contributed by atoms with Crippen molar-refractivity contribution in [1.82, 2.24) is 0 Å². The van der Waals surface area contributed by atoms with E-state index in [0.29, 0.717) is 23.8 Å². The zero-order valence-corrected chi connectivity index (χ0v) is 14.2. The Bertz CT molecular complexity index is 702. The lowest BCUT2D eigenvalue weighted by Crippen LogP contribution is -2.29. The van der Waals surface area contributed by atoms with E-state index in [1.54, 1.807) is 49.4 Å². The van der Waals surface area contributed by atoms with Gasteiger partial charge in [-0.25, -0.2) is 4.79 Å². The fourth-order valence-electron chi connectivity index (χ4n) is 2.04. The Labute approximate surface area is 146 Å². The number of carbonyl (C=O) groups is 2. The van der Waals surface area contributed by atoms with Gasteiger partial charge < -0.3 is 19.5 Å². The van der Waals surface area contributed by atoms with E-state index >= 15 is 0 Å². The Kier molecular flexibility index (Phi) is 6.83. The summed E-state index contributed by atoms with van der Waals surface area (Å²) >= 11 is 0. The third-order valence-electron chi connectivity index (χ3n) is 3.19. The van der Waals surface area contributed by atoms with Crippen LogP contribution in [0.2, 0.25) is 0 Å². The number of benzene rings is 2. The molecule has 0 heterocycles. The first-order valence-corrected chi connectivity index (χ1v) is 8.00. The van der Waals surface area contributed by atoms with E-state index in [9.17, 15) is 9.59 Å². The molecule has 6 heteroatoms. The highest BCUT2D eigenvalue weighted by Crippen LogP contribution is 2.23. The highest BCUT2D eigenvalue weighted by molar-refractivity contribution is 5.94. The van der Waals surface area contributed by atoms with Gasteiger partial charge in [-0.15, -0.1) is 0 Å². The molecule has 0 aliphatic rings. The highest BCUT2D eigenvalue weighted by atomic mass is 16.6. The molecule has 0 fully saturated rings. The van der Waals surface area contributed by atoms with Crippen LogP contribution in [-0.2, 0) is 14.3 Å². The molecule has 2 aromatic rings. The molecular weight excluding hydrogens is 322 g/mol. The fourth-order valence-corrected chi connectivity index (χ4v) is 2.04. The molecule has 0 unspecified atom stereocenters. The topological polar surface area (TPSA) is 73.9 Å². The lowest BCUT2D eigenvalue weighted by molar-refractivity contribution is -0.153. The zero-order chi connectivity index (χ0) is 18.1. The van der Waals surface area contributed by atoms with E-state index in [4.69, 9.17) is 14.2 Å². The maximum atomic E-state index is 12.0. The summed E-state index contributed by atoms with van der Waals surface area (Å²) in [7, 11) is 0. The van der Waals surface area contributed by atoms with Gasteiger partial charge in [0.15, 0.2) is 12.7 Å². The molecule has 0 saturated carbocycles. The summed E-state index contributed by atoms with van der Waals surface area (Å²) in [6.07, 6.45) is -0.814. The van der Waals surface area contributed by atoms with Crippen molar-refractivity contribution in [2.24, 2.45) is 0 Å². The smallest absolute Gasteiger partial charge is 0.347 e. The molecule has 2 rings (SSSR count).